The fraction of sp³-hybridized carbons (Fsp3) is 0.308. The summed E-state index contributed by atoms with van der Waals surface area (Å²) >= 11 is 1.81. The molecule has 0 bridgehead atoms. The Morgan fingerprint density at radius 1 is 0.688 bits per heavy atom. The van der Waals surface area contributed by atoms with E-state index in [2.05, 4.69) is 74.1 Å². The highest BCUT2D eigenvalue weighted by Crippen LogP contribution is 2.34. The molecule has 0 aliphatic carbocycles. The van der Waals surface area contributed by atoms with Crippen LogP contribution in [0.3, 0.4) is 0 Å². The highest BCUT2D eigenvalue weighted by Gasteiger charge is 2.20. The van der Waals surface area contributed by atoms with Crippen LogP contribution in [-0.2, 0) is 0 Å². The number of aromatic amines is 1. The number of imidazole rings is 1. The molecule has 2 aromatic heterocycles. The molecule has 4 heterocycles. The lowest BCUT2D eigenvalue weighted by Crippen LogP contribution is -2.14. The molecule has 32 heavy (non-hydrogen) atoms. The monoisotopic (exact) mass is 441 g/mol. The summed E-state index contributed by atoms with van der Waals surface area (Å²) in [5, 5.41) is 8.25. The molecule has 5 nitrogen and oxygen atoms in total. The highest BCUT2D eigenvalue weighted by molar-refractivity contribution is 7.15. The number of H-pyrrole nitrogens is 1. The van der Waals surface area contributed by atoms with Crippen LogP contribution < -0.4 is 10.6 Å². The average Bonchev–Trinajstić information content (AvgIpc) is 3.66. The summed E-state index contributed by atoms with van der Waals surface area (Å²) in [7, 11) is 0. The number of aromatic nitrogens is 3. The fourth-order valence-corrected chi connectivity index (χ4v) is 5.76. The first-order valence-electron chi connectivity index (χ1n) is 11.5. The van der Waals surface area contributed by atoms with Crippen LogP contribution in [0.2, 0.25) is 0 Å². The Balaban J connectivity index is 1.17. The van der Waals surface area contributed by atoms with Gasteiger partial charge in [0.1, 0.15) is 10.8 Å². The minimum atomic E-state index is 0.366. The molecule has 3 N–H and O–H groups in total. The van der Waals surface area contributed by atoms with Crippen LogP contribution in [0.15, 0.2) is 60.9 Å². The third-order valence-corrected chi connectivity index (χ3v) is 7.73. The predicted octanol–water partition coefficient (Wildman–Crippen LogP) is 5.72. The first-order valence-corrected chi connectivity index (χ1v) is 12.3. The van der Waals surface area contributed by atoms with Crippen molar-refractivity contribution in [1.82, 2.24) is 25.6 Å². The molecular formula is C26H27N5S. The Morgan fingerprint density at radius 2 is 1.31 bits per heavy atom. The third-order valence-electron chi connectivity index (χ3n) is 6.57. The molecule has 6 rings (SSSR count). The van der Waals surface area contributed by atoms with E-state index in [9.17, 15) is 0 Å². The number of nitrogens with one attached hydrogen (secondary N) is 3. The molecule has 0 unspecified atom stereocenters. The number of benzene rings is 2. The molecule has 2 aliphatic heterocycles. The lowest BCUT2D eigenvalue weighted by Gasteiger charge is -2.06. The van der Waals surface area contributed by atoms with Gasteiger partial charge < -0.3 is 15.6 Å². The van der Waals surface area contributed by atoms with E-state index in [-0.39, 0.29) is 0 Å². The highest BCUT2D eigenvalue weighted by atomic mass is 32.1. The summed E-state index contributed by atoms with van der Waals surface area (Å²) in [6, 6.07) is 18.4. The van der Waals surface area contributed by atoms with Crippen LogP contribution in [0.25, 0.3) is 32.8 Å². The zero-order chi connectivity index (χ0) is 21.3. The number of hydrogen-bond donors (Lipinski definition) is 3. The Hall–Kier alpha value is -2.80. The van der Waals surface area contributed by atoms with Gasteiger partial charge in [-0.2, -0.15) is 0 Å². The molecule has 2 saturated heterocycles. The van der Waals surface area contributed by atoms with Crippen molar-refractivity contribution in [2.24, 2.45) is 0 Å². The van der Waals surface area contributed by atoms with Crippen molar-refractivity contribution >= 4 is 11.3 Å². The summed E-state index contributed by atoms with van der Waals surface area (Å²) in [6.07, 6.45) is 8.77. The number of rotatable bonds is 5. The molecule has 0 spiro atoms. The molecule has 162 valence electrons. The van der Waals surface area contributed by atoms with E-state index in [1.807, 2.05) is 23.7 Å². The summed E-state index contributed by atoms with van der Waals surface area (Å²) < 4.78 is 0. The van der Waals surface area contributed by atoms with Gasteiger partial charge in [-0.3, -0.25) is 0 Å². The van der Waals surface area contributed by atoms with Gasteiger partial charge in [-0.15, -0.1) is 11.3 Å². The number of nitrogens with zero attached hydrogens (tertiary/aromatic N) is 2. The second-order valence-corrected chi connectivity index (χ2v) is 9.76. The normalized spacial score (nSPS) is 20.8. The summed E-state index contributed by atoms with van der Waals surface area (Å²) in [5.74, 6) is 1.05. The molecule has 4 aromatic rings. The molecule has 2 atom stereocenters. The Labute approximate surface area is 192 Å². The largest absolute Gasteiger partial charge is 0.341 e. The van der Waals surface area contributed by atoms with Crippen molar-refractivity contribution in [3.63, 3.8) is 0 Å². The summed E-state index contributed by atoms with van der Waals surface area (Å²) in [6.45, 7) is 2.18. The molecule has 0 amide bonds. The maximum atomic E-state index is 4.66. The molecular weight excluding hydrogens is 414 g/mol. The van der Waals surface area contributed by atoms with Gasteiger partial charge in [0.25, 0.3) is 0 Å². The smallest absolute Gasteiger partial charge is 0.123 e. The Bertz CT molecular complexity index is 1080. The van der Waals surface area contributed by atoms with Crippen molar-refractivity contribution in [2.45, 2.75) is 37.8 Å². The van der Waals surface area contributed by atoms with Gasteiger partial charge in [0.15, 0.2) is 0 Å². The van der Waals surface area contributed by atoms with Gasteiger partial charge in [-0.25, -0.2) is 9.97 Å². The number of thiazole rings is 1. The van der Waals surface area contributed by atoms with E-state index in [1.165, 1.54) is 51.4 Å². The second-order valence-electron chi connectivity index (χ2n) is 8.70. The second kappa shape index (κ2) is 8.62. The van der Waals surface area contributed by atoms with E-state index in [4.69, 9.17) is 0 Å². The van der Waals surface area contributed by atoms with Gasteiger partial charge in [-0.05, 0) is 61.0 Å². The van der Waals surface area contributed by atoms with Crippen molar-refractivity contribution in [2.75, 3.05) is 13.1 Å². The Kier molecular flexibility index (Phi) is 5.35. The van der Waals surface area contributed by atoms with Gasteiger partial charge >= 0.3 is 0 Å². The number of hydrogen-bond acceptors (Lipinski definition) is 5. The topological polar surface area (TPSA) is 65.6 Å². The first kappa shape index (κ1) is 19.9. The maximum Gasteiger partial charge on any atom is 0.123 e. The minimum Gasteiger partial charge on any atom is -0.341 e. The van der Waals surface area contributed by atoms with E-state index in [1.54, 1.807) is 0 Å². The molecule has 2 fully saturated rings. The Morgan fingerprint density at radius 3 is 1.97 bits per heavy atom. The zero-order valence-electron chi connectivity index (χ0n) is 18.0. The van der Waals surface area contributed by atoms with Gasteiger partial charge in [0.05, 0.1) is 28.9 Å². The van der Waals surface area contributed by atoms with E-state index in [0.29, 0.717) is 12.1 Å². The molecule has 2 aromatic carbocycles. The first-order chi connectivity index (χ1) is 15.8. The van der Waals surface area contributed by atoms with Gasteiger partial charge in [-0.1, -0.05) is 48.5 Å². The minimum absolute atomic E-state index is 0.366. The quantitative estimate of drug-likeness (QED) is 0.371. The molecule has 6 heteroatoms. The lowest BCUT2D eigenvalue weighted by atomic mass is 10.0. The molecule has 0 saturated carbocycles. The van der Waals surface area contributed by atoms with Crippen molar-refractivity contribution < 1.29 is 0 Å². The van der Waals surface area contributed by atoms with Gasteiger partial charge in [0.2, 0.25) is 0 Å². The van der Waals surface area contributed by atoms with Crippen LogP contribution in [0.4, 0.5) is 0 Å². The van der Waals surface area contributed by atoms with Crippen molar-refractivity contribution in [1.29, 1.82) is 0 Å². The van der Waals surface area contributed by atoms with Crippen LogP contribution in [0.5, 0.6) is 0 Å². The summed E-state index contributed by atoms with van der Waals surface area (Å²) in [4.78, 5) is 14.0. The van der Waals surface area contributed by atoms with Crippen LogP contribution in [-0.4, -0.2) is 28.0 Å². The lowest BCUT2D eigenvalue weighted by molar-refractivity contribution is 0.613. The average molecular weight is 442 g/mol. The standard InChI is InChI=1S/C26H27N5S/c1-3-21(27-13-1)25-29-15-23(31-25)19-9-5-17(6-10-19)18-7-11-20(12-8-18)24-16-30-26(32-24)22-4-2-14-28-22/h5-12,15-16,21-22,27-28H,1-4,13-14H2,(H,29,31)/t21-,22-/m0/s1. The summed E-state index contributed by atoms with van der Waals surface area (Å²) in [5.41, 5.74) is 5.92. The maximum absolute atomic E-state index is 4.66. The van der Waals surface area contributed by atoms with E-state index >= 15 is 0 Å². The van der Waals surface area contributed by atoms with E-state index < -0.39 is 0 Å². The van der Waals surface area contributed by atoms with Crippen LogP contribution in [0.1, 0.15) is 48.6 Å². The predicted molar refractivity (Wildman–Crippen MR) is 131 cm³/mol. The SMILES string of the molecule is c1cc(-c2cnc([C@@H]3CCCN3)[nH]2)ccc1-c1ccc(-c2cnc([C@@H]3CCCN3)s2)cc1. The molecule has 0 radical (unpaired) electrons. The van der Waals surface area contributed by atoms with E-state index in [0.717, 1.165) is 31.0 Å². The third kappa shape index (κ3) is 3.90. The van der Waals surface area contributed by atoms with Crippen molar-refractivity contribution in [3.05, 3.63) is 71.8 Å². The van der Waals surface area contributed by atoms with Crippen LogP contribution in [0, 0.1) is 0 Å². The van der Waals surface area contributed by atoms with Crippen LogP contribution >= 0.6 is 11.3 Å². The molecule has 2 aliphatic rings. The van der Waals surface area contributed by atoms with Crippen molar-refractivity contribution in [3.8, 4) is 32.8 Å². The van der Waals surface area contributed by atoms with Gasteiger partial charge in [0, 0.05) is 6.20 Å². The zero-order valence-corrected chi connectivity index (χ0v) is 18.8. The fourth-order valence-electron chi connectivity index (χ4n) is 4.73.